The molecule has 0 unspecified atom stereocenters. The predicted molar refractivity (Wildman–Crippen MR) is 80.5 cm³/mol. The molecule has 0 saturated heterocycles. The number of carbonyl (C=O) groups is 3. The van der Waals surface area contributed by atoms with Gasteiger partial charge in [-0.15, -0.1) is 0 Å². The summed E-state index contributed by atoms with van der Waals surface area (Å²) in [5, 5.41) is 8.78. The quantitative estimate of drug-likeness (QED) is 0.724. The van der Waals surface area contributed by atoms with E-state index in [1.54, 1.807) is 20.8 Å². The van der Waals surface area contributed by atoms with Gasteiger partial charge in [0.2, 0.25) is 0 Å². The highest BCUT2D eigenvalue weighted by atomic mass is 16.6. The smallest absolute Gasteiger partial charge is 0.410 e. The van der Waals surface area contributed by atoms with Crippen LogP contribution in [0.5, 0.6) is 0 Å². The zero-order valence-corrected chi connectivity index (χ0v) is 14.2. The Bertz CT molecular complexity index is 399. The van der Waals surface area contributed by atoms with Crippen LogP contribution in [0.4, 0.5) is 4.79 Å². The fraction of sp³-hybridized carbons (Fsp3) is 0.800. The number of rotatable bonds is 7. The van der Waals surface area contributed by atoms with Crippen molar-refractivity contribution in [1.29, 1.82) is 0 Å². The van der Waals surface area contributed by atoms with E-state index < -0.39 is 29.7 Å². The Balaban J connectivity index is 4.92. The molecule has 0 aliphatic heterocycles. The minimum absolute atomic E-state index is 0.0258. The maximum atomic E-state index is 12.1. The van der Waals surface area contributed by atoms with Crippen LogP contribution in [0.3, 0.4) is 0 Å². The zero-order chi connectivity index (χ0) is 17.5. The van der Waals surface area contributed by atoms with Gasteiger partial charge in [-0.1, -0.05) is 13.8 Å². The third-order valence-corrected chi connectivity index (χ3v) is 2.61. The molecule has 0 heterocycles. The lowest BCUT2D eigenvalue weighted by molar-refractivity contribution is -0.151. The van der Waals surface area contributed by atoms with E-state index in [2.05, 4.69) is 0 Å². The molecular weight excluding hydrogens is 290 g/mol. The summed E-state index contributed by atoms with van der Waals surface area (Å²) in [4.78, 5) is 36.0. The topological polar surface area (TPSA) is 93.1 Å². The fourth-order valence-corrected chi connectivity index (χ4v) is 1.54. The van der Waals surface area contributed by atoms with Crippen molar-refractivity contribution >= 4 is 18.0 Å². The monoisotopic (exact) mass is 317 g/mol. The molecule has 1 atom stereocenters. The molecule has 0 spiro atoms. The van der Waals surface area contributed by atoms with Gasteiger partial charge in [0, 0.05) is 13.5 Å². The van der Waals surface area contributed by atoms with E-state index >= 15 is 0 Å². The SMILES string of the molecule is CC(C)COC(=O)[C@H](CCC(=O)O)N(C)C(=O)OC(C)(C)C. The number of esters is 1. The summed E-state index contributed by atoms with van der Waals surface area (Å²) in [5.74, 6) is -1.52. The first kappa shape index (κ1) is 20.2. The fourth-order valence-electron chi connectivity index (χ4n) is 1.54. The second-order valence-electron chi connectivity index (χ2n) is 6.56. The lowest BCUT2D eigenvalue weighted by Crippen LogP contribution is -2.46. The number of carbonyl (C=O) groups excluding carboxylic acids is 2. The molecule has 0 aliphatic carbocycles. The molecule has 0 fully saturated rings. The Morgan fingerprint density at radius 1 is 1.18 bits per heavy atom. The minimum atomic E-state index is -1.04. The number of hydrogen-bond acceptors (Lipinski definition) is 5. The molecule has 1 amide bonds. The summed E-state index contributed by atoms with van der Waals surface area (Å²) >= 11 is 0. The average Bonchev–Trinajstić information content (AvgIpc) is 2.33. The number of hydrogen-bond donors (Lipinski definition) is 1. The highest BCUT2D eigenvalue weighted by Crippen LogP contribution is 2.14. The Morgan fingerprint density at radius 2 is 1.73 bits per heavy atom. The van der Waals surface area contributed by atoms with E-state index in [0.717, 1.165) is 4.90 Å². The molecule has 0 aromatic rings. The van der Waals surface area contributed by atoms with Crippen molar-refractivity contribution in [3.05, 3.63) is 0 Å². The van der Waals surface area contributed by atoms with E-state index in [-0.39, 0.29) is 25.4 Å². The molecule has 0 bridgehead atoms. The van der Waals surface area contributed by atoms with Crippen LogP contribution in [0.2, 0.25) is 0 Å². The summed E-state index contributed by atoms with van der Waals surface area (Å²) in [7, 11) is 1.40. The van der Waals surface area contributed by atoms with Crippen molar-refractivity contribution < 1.29 is 29.0 Å². The molecule has 128 valence electrons. The van der Waals surface area contributed by atoms with Gasteiger partial charge in [-0.2, -0.15) is 0 Å². The van der Waals surface area contributed by atoms with E-state index in [9.17, 15) is 14.4 Å². The molecule has 7 heteroatoms. The van der Waals surface area contributed by atoms with Gasteiger partial charge in [-0.3, -0.25) is 9.69 Å². The van der Waals surface area contributed by atoms with E-state index in [0.29, 0.717) is 0 Å². The van der Waals surface area contributed by atoms with Gasteiger partial charge in [0.15, 0.2) is 0 Å². The van der Waals surface area contributed by atoms with E-state index in [1.807, 2.05) is 13.8 Å². The number of carboxylic acids is 1. The second-order valence-corrected chi connectivity index (χ2v) is 6.56. The van der Waals surface area contributed by atoms with Crippen molar-refractivity contribution in [2.75, 3.05) is 13.7 Å². The number of ether oxygens (including phenoxy) is 2. The van der Waals surface area contributed by atoms with E-state index in [1.165, 1.54) is 7.05 Å². The lowest BCUT2D eigenvalue weighted by Gasteiger charge is -2.29. The van der Waals surface area contributed by atoms with Crippen LogP contribution < -0.4 is 0 Å². The molecule has 1 N–H and O–H groups in total. The number of amides is 1. The van der Waals surface area contributed by atoms with Crippen molar-refractivity contribution in [1.82, 2.24) is 4.90 Å². The van der Waals surface area contributed by atoms with Crippen LogP contribution in [0, 0.1) is 5.92 Å². The number of aliphatic carboxylic acids is 1. The first-order valence-corrected chi connectivity index (χ1v) is 7.28. The minimum Gasteiger partial charge on any atom is -0.481 e. The predicted octanol–water partition coefficient (Wildman–Crippen LogP) is 2.29. The summed E-state index contributed by atoms with van der Waals surface area (Å²) < 4.78 is 10.3. The molecule has 0 saturated carbocycles. The van der Waals surface area contributed by atoms with Gasteiger partial charge < -0.3 is 14.6 Å². The summed E-state index contributed by atoms with van der Waals surface area (Å²) in [6, 6.07) is -0.982. The van der Waals surface area contributed by atoms with Crippen LogP contribution in [-0.2, 0) is 19.1 Å². The molecule has 0 rings (SSSR count). The Labute approximate surface area is 131 Å². The molecule has 0 radical (unpaired) electrons. The maximum Gasteiger partial charge on any atom is 0.410 e. The second kappa shape index (κ2) is 8.60. The van der Waals surface area contributed by atoms with E-state index in [4.69, 9.17) is 14.6 Å². The standard InChI is InChI=1S/C15H27NO6/c1-10(2)9-21-13(19)11(7-8-12(17)18)16(6)14(20)22-15(3,4)5/h10-11H,7-9H2,1-6H3,(H,17,18)/t11-/m0/s1. The van der Waals surface area contributed by atoms with Crippen molar-refractivity contribution in [2.24, 2.45) is 5.92 Å². The molecular formula is C15H27NO6. The lowest BCUT2D eigenvalue weighted by atomic mass is 10.1. The number of likely N-dealkylation sites (N-methyl/N-ethyl adjacent to an activating group) is 1. The van der Waals surface area contributed by atoms with Crippen LogP contribution >= 0.6 is 0 Å². The van der Waals surface area contributed by atoms with Gasteiger partial charge >= 0.3 is 18.0 Å². The van der Waals surface area contributed by atoms with Crippen molar-refractivity contribution in [2.45, 2.75) is 59.1 Å². The van der Waals surface area contributed by atoms with Gasteiger partial charge in [-0.25, -0.2) is 9.59 Å². The number of carboxylic acid groups (broad SMARTS) is 1. The van der Waals surface area contributed by atoms with Gasteiger partial charge in [-0.05, 0) is 33.1 Å². The van der Waals surface area contributed by atoms with Crippen LogP contribution in [-0.4, -0.2) is 53.3 Å². The Hall–Kier alpha value is -1.79. The Morgan fingerprint density at radius 3 is 2.14 bits per heavy atom. The first-order valence-electron chi connectivity index (χ1n) is 7.28. The van der Waals surface area contributed by atoms with Gasteiger partial charge in [0.05, 0.1) is 6.61 Å². The molecule has 0 aromatic carbocycles. The Kier molecular flexibility index (Phi) is 7.90. The molecule has 22 heavy (non-hydrogen) atoms. The number of nitrogens with zero attached hydrogens (tertiary/aromatic N) is 1. The summed E-state index contributed by atoms with van der Waals surface area (Å²) in [6.07, 6.45) is -0.958. The third-order valence-electron chi connectivity index (χ3n) is 2.61. The molecule has 0 aliphatic rings. The first-order chi connectivity index (χ1) is 9.94. The molecule has 7 nitrogen and oxygen atoms in total. The average molecular weight is 317 g/mol. The van der Waals surface area contributed by atoms with Gasteiger partial charge in [0.25, 0.3) is 0 Å². The highest BCUT2D eigenvalue weighted by molar-refractivity contribution is 5.82. The van der Waals surface area contributed by atoms with Crippen molar-refractivity contribution in [3.8, 4) is 0 Å². The van der Waals surface area contributed by atoms with Crippen LogP contribution in [0.1, 0.15) is 47.5 Å². The van der Waals surface area contributed by atoms with Crippen LogP contribution in [0.25, 0.3) is 0 Å². The summed E-state index contributed by atoms with van der Waals surface area (Å²) in [6.45, 7) is 9.12. The van der Waals surface area contributed by atoms with Crippen molar-refractivity contribution in [3.63, 3.8) is 0 Å². The highest BCUT2D eigenvalue weighted by Gasteiger charge is 2.31. The maximum absolute atomic E-state index is 12.1. The zero-order valence-electron chi connectivity index (χ0n) is 14.2. The largest absolute Gasteiger partial charge is 0.481 e. The molecule has 0 aromatic heterocycles. The third kappa shape index (κ3) is 8.49. The van der Waals surface area contributed by atoms with Crippen LogP contribution in [0.15, 0.2) is 0 Å². The summed E-state index contributed by atoms with van der Waals surface area (Å²) in [5.41, 5.74) is -0.704. The normalized spacial score (nSPS) is 12.7. The van der Waals surface area contributed by atoms with Gasteiger partial charge in [0.1, 0.15) is 11.6 Å².